The van der Waals surface area contributed by atoms with Gasteiger partial charge in [0.15, 0.2) is 6.29 Å². The average Bonchev–Trinajstić information content (AvgIpc) is 3.24. The first-order chi connectivity index (χ1) is 20.1. The average molecular weight is 599 g/mol. The Hall–Kier alpha value is -0.980. The van der Waals surface area contributed by atoms with Gasteiger partial charge < -0.3 is 24.8 Å². The summed E-state index contributed by atoms with van der Waals surface area (Å²) in [5.74, 6) is 2.19. The van der Waals surface area contributed by atoms with Gasteiger partial charge in [-0.2, -0.15) is 0 Å². The molecule has 5 heteroatoms. The summed E-state index contributed by atoms with van der Waals surface area (Å²) in [5, 5.41) is 30.4. The largest absolute Gasteiger partial charge is 0.394 e. The van der Waals surface area contributed by atoms with Crippen LogP contribution in [-0.2, 0) is 9.47 Å². The lowest BCUT2D eigenvalue weighted by Crippen LogP contribution is -2.59. The molecule has 4 fully saturated rings. The zero-order valence-corrected chi connectivity index (χ0v) is 28.1. The Morgan fingerprint density at radius 3 is 2.49 bits per heavy atom. The number of hydrogen-bond donors (Lipinski definition) is 3. The molecule has 1 heterocycles. The van der Waals surface area contributed by atoms with E-state index in [0.29, 0.717) is 36.5 Å². The predicted molar refractivity (Wildman–Crippen MR) is 173 cm³/mol. The Morgan fingerprint density at radius 2 is 1.84 bits per heavy atom. The van der Waals surface area contributed by atoms with Gasteiger partial charge in [0.2, 0.25) is 0 Å². The van der Waals surface area contributed by atoms with Crippen LogP contribution in [-0.4, -0.2) is 52.1 Å². The molecule has 3 N–H and O–H groups in total. The maximum Gasteiger partial charge on any atom is 0.160 e. The standard InChI is InChI=1S/C38H62O5/c1-9-25(12-11-18-34(3,4)41)28-17-19-38(10-2)31-15-13-29-30(36(31,7)20-21-37(28,38)8)14-16-32(35(29,5)6)43-33-23-26(40)22-27(24-39)42-33/h9-10,13,25-28,30-33,39-41H,1-2,11-12,14-24H2,3-8H3/t25-,26+,27+,28?,30?,31?,32+,33+,36+,37-,38+/m1/s1. The van der Waals surface area contributed by atoms with Crippen molar-refractivity contribution in [3.05, 3.63) is 37.0 Å². The molecule has 0 aromatic rings. The molecule has 3 unspecified atom stereocenters. The van der Waals surface area contributed by atoms with Crippen LogP contribution in [0.1, 0.15) is 119 Å². The molecule has 5 nitrogen and oxygen atoms in total. The van der Waals surface area contributed by atoms with Crippen LogP contribution in [0.5, 0.6) is 0 Å². The van der Waals surface area contributed by atoms with Crippen LogP contribution < -0.4 is 0 Å². The Bertz CT molecular complexity index is 1060. The second-order valence-electron chi connectivity index (χ2n) is 16.8. The molecule has 0 spiro atoms. The molecule has 1 saturated heterocycles. The highest BCUT2D eigenvalue weighted by Gasteiger charge is 2.68. The minimum Gasteiger partial charge on any atom is -0.394 e. The number of aliphatic hydroxyl groups excluding tert-OH is 2. The monoisotopic (exact) mass is 598 g/mol. The van der Waals surface area contributed by atoms with Crippen molar-refractivity contribution >= 4 is 0 Å². The molecule has 0 aromatic heterocycles. The van der Waals surface area contributed by atoms with Gasteiger partial charge in [0.1, 0.15) is 0 Å². The number of ether oxygens (including phenoxy) is 2. The molecule has 4 aliphatic carbocycles. The van der Waals surface area contributed by atoms with Crippen molar-refractivity contribution in [3.8, 4) is 0 Å². The summed E-state index contributed by atoms with van der Waals surface area (Å²) >= 11 is 0. The van der Waals surface area contributed by atoms with E-state index in [1.54, 1.807) is 5.57 Å². The summed E-state index contributed by atoms with van der Waals surface area (Å²) < 4.78 is 12.7. The van der Waals surface area contributed by atoms with Gasteiger partial charge in [0, 0.05) is 18.3 Å². The van der Waals surface area contributed by atoms with Crippen molar-refractivity contribution in [2.75, 3.05) is 6.61 Å². The maximum atomic E-state index is 10.4. The summed E-state index contributed by atoms with van der Waals surface area (Å²) in [6, 6.07) is 0. The number of fused-ring (bicyclic) bond motifs is 5. The highest BCUT2D eigenvalue weighted by atomic mass is 16.7. The van der Waals surface area contributed by atoms with Crippen molar-refractivity contribution in [1.82, 2.24) is 0 Å². The molecule has 0 amide bonds. The van der Waals surface area contributed by atoms with Crippen LogP contribution >= 0.6 is 0 Å². The summed E-state index contributed by atoms with van der Waals surface area (Å²) in [5.41, 5.74) is 1.37. The van der Waals surface area contributed by atoms with E-state index in [0.717, 1.165) is 38.5 Å². The lowest BCUT2D eigenvalue weighted by atomic mass is 9.38. The molecule has 0 aromatic carbocycles. The summed E-state index contributed by atoms with van der Waals surface area (Å²) in [6.07, 6.45) is 18.0. The number of rotatable bonds is 10. The molecular formula is C38H62O5. The van der Waals surface area contributed by atoms with Crippen LogP contribution in [0.3, 0.4) is 0 Å². The molecule has 43 heavy (non-hydrogen) atoms. The fourth-order valence-corrected chi connectivity index (χ4v) is 11.3. The Morgan fingerprint density at radius 1 is 1.09 bits per heavy atom. The lowest BCUT2D eigenvalue weighted by molar-refractivity contribution is -0.255. The van der Waals surface area contributed by atoms with Crippen LogP contribution in [0.2, 0.25) is 0 Å². The van der Waals surface area contributed by atoms with E-state index in [2.05, 4.69) is 59.1 Å². The third-order valence-corrected chi connectivity index (χ3v) is 13.7. The summed E-state index contributed by atoms with van der Waals surface area (Å²) in [7, 11) is 0. The van der Waals surface area contributed by atoms with Gasteiger partial charge in [-0.3, -0.25) is 0 Å². The zero-order chi connectivity index (χ0) is 31.4. The second kappa shape index (κ2) is 12.0. The molecule has 244 valence electrons. The van der Waals surface area contributed by atoms with Crippen molar-refractivity contribution in [1.29, 1.82) is 0 Å². The van der Waals surface area contributed by atoms with Gasteiger partial charge in [-0.15, -0.1) is 13.2 Å². The number of aliphatic hydroxyl groups is 3. The summed E-state index contributed by atoms with van der Waals surface area (Å²) in [4.78, 5) is 0. The molecule has 5 aliphatic rings. The fourth-order valence-electron chi connectivity index (χ4n) is 11.3. The van der Waals surface area contributed by atoms with Crippen molar-refractivity contribution < 1.29 is 24.8 Å². The first kappa shape index (κ1) is 33.4. The van der Waals surface area contributed by atoms with Gasteiger partial charge in [-0.05, 0) is 112 Å². The SMILES string of the molecule is C=C[C@H](CCCC(C)(C)O)C1CC[C@@]2(C=C)C3CC=C4C(CC[C@H](O[C@H]5C[C@@H](O)C[C@@H](CO)O5)C4(C)C)[C@]3(C)CC[C@]12C. The minimum absolute atomic E-state index is 0.0279. The third kappa shape index (κ3) is 5.66. The minimum atomic E-state index is -0.612. The molecule has 3 saturated carbocycles. The Balaban J connectivity index is 1.37. The predicted octanol–water partition coefficient (Wildman–Crippen LogP) is 7.74. The normalized spacial score (nSPS) is 44.9. The third-order valence-electron chi connectivity index (χ3n) is 13.7. The molecule has 1 aliphatic heterocycles. The number of hydrogen-bond acceptors (Lipinski definition) is 5. The quantitative estimate of drug-likeness (QED) is 0.224. The first-order valence-corrected chi connectivity index (χ1v) is 17.4. The van der Waals surface area contributed by atoms with E-state index in [1.807, 2.05) is 13.8 Å². The van der Waals surface area contributed by atoms with Crippen LogP contribution in [0, 0.1) is 45.3 Å². The summed E-state index contributed by atoms with van der Waals surface area (Å²) in [6.45, 7) is 22.5. The van der Waals surface area contributed by atoms with E-state index in [-0.39, 0.29) is 40.5 Å². The van der Waals surface area contributed by atoms with E-state index >= 15 is 0 Å². The second-order valence-corrected chi connectivity index (χ2v) is 16.8. The highest BCUT2D eigenvalue weighted by Crippen LogP contribution is 2.75. The fraction of sp³-hybridized carbons (Fsp3) is 0.842. The van der Waals surface area contributed by atoms with Crippen LogP contribution in [0.25, 0.3) is 0 Å². The lowest BCUT2D eigenvalue weighted by Gasteiger charge is -2.66. The molecule has 11 atom stereocenters. The molecule has 0 bridgehead atoms. The molecule has 5 rings (SSSR count). The van der Waals surface area contributed by atoms with E-state index in [4.69, 9.17) is 9.47 Å². The zero-order valence-electron chi connectivity index (χ0n) is 28.1. The molecule has 0 radical (unpaired) electrons. The molecular weight excluding hydrogens is 536 g/mol. The van der Waals surface area contributed by atoms with Gasteiger partial charge in [-0.25, -0.2) is 0 Å². The van der Waals surface area contributed by atoms with Crippen molar-refractivity contribution in [2.24, 2.45) is 45.3 Å². The van der Waals surface area contributed by atoms with Crippen molar-refractivity contribution in [2.45, 2.75) is 149 Å². The topological polar surface area (TPSA) is 79.2 Å². The van der Waals surface area contributed by atoms with Gasteiger partial charge >= 0.3 is 0 Å². The first-order valence-electron chi connectivity index (χ1n) is 17.4. The van der Waals surface area contributed by atoms with E-state index in [9.17, 15) is 15.3 Å². The Kier molecular flexibility index (Phi) is 9.31. The van der Waals surface area contributed by atoms with Gasteiger partial charge in [0.25, 0.3) is 0 Å². The van der Waals surface area contributed by atoms with Gasteiger partial charge in [0.05, 0.1) is 30.5 Å². The smallest absolute Gasteiger partial charge is 0.160 e. The van der Waals surface area contributed by atoms with Crippen LogP contribution in [0.15, 0.2) is 37.0 Å². The maximum absolute atomic E-state index is 10.4. The van der Waals surface area contributed by atoms with Crippen LogP contribution in [0.4, 0.5) is 0 Å². The van der Waals surface area contributed by atoms with Gasteiger partial charge in [-0.1, -0.05) is 57.9 Å². The Labute approximate surface area is 262 Å². The van der Waals surface area contributed by atoms with E-state index < -0.39 is 18.0 Å². The van der Waals surface area contributed by atoms with Crippen molar-refractivity contribution in [3.63, 3.8) is 0 Å². The number of allylic oxidation sites excluding steroid dienone is 3. The van der Waals surface area contributed by atoms with E-state index in [1.165, 1.54) is 25.7 Å². The highest BCUT2D eigenvalue weighted by molar-refractivity contribution is 5.32.